The molecule has 2 rings (SSSR count). The monoisotopic (exact) mass is 207 g/mol. The summed E-state index contributed by atoms with van der Waals surface area (Å²) in [6.07, 6.45) is 1.30. The van der Waals surface area contributed by atoms with Crippen molar-refractivity contribution >= 4 is 6.04 Å². The van der Waals surface area contributed by atoms with Crippen molar-refractivity contribution < 1.29 is 9.18 Å². The third-order valence-corrected chi connectivity index (χ3v) is 3.31. The quantitative estimate of drug-likeness (QED) is 0.690. The lowest BCUT2D eigenvalue weighted by atomic mass is 9.91. The summed E-state index contributed by atoms with van der Waals surface area (Å²) < 4.78 is 13.3. The minimum Gasteiger partial charge on any atom is -0.291 e. The van der Waals surface area contributed by atoms with Crippen molar-refractivity contribution in [1.29, 1.82) is 0 Å². The van der Waals surface area contributed by atoms with Crippen LogP contribution in [0.3, 0.4) is 0 Å². The van der Waals surface area contributed by atoms with E-state index < -0.39 is 11.6 Å². The van der Waals surface area contributed by atoms with Gasteiger partial charge in [0, 0.05) is 0 Å². The fourth-order valence-corrected chi connectivity index (χ4v) is 2.44. The Labute approximate surface area is 88.7 Å². The summed E-state index contributed by atoms with van der Waals surface area (Å²) in [6.45, 7) is 0. The third-order valence-electron chi connectivity index (χ3n) is 3.31. The number of aryl methyl sites for hydroxylation is 1. The highest BCUT2D eigenvalue weighted by Gasteiger charge is 2.47. The molecule has 0 aromatic heterocycles. The van der Waals surface area contributed by atoms with Gasteiger partial charge in [-0.25, -0.2) is 0 Å². The Hall–Kier alpha value is -1.22. The van der Waals surface area contributed by atoms with Crippen molar-refractivity contribution in [2.24, 2.45) is 0 Å². The van der Waals surface area contributed by atoms with Gasteiger partial charge in [0.05, 0.1) is 0 Å². The first kappa shape index (κ1) is 10.3. The molecule has 0 aliphatic heterocycles. The van der Waals surface area contributed by atoms with Gasteiger partial charge in [0.15, 0.2) is 0 Å². The molecule has 1 aliphatic rings. The zero-order valence-corrected chi connectivity index (χ0v) is 8.96. The van der Waals surface area contributed by atoms with Gasteiger partial charge in [-0.05, 0) is 38.1 Å². The molecule has 1 aromatic rings. The molecule has 2 nitrogen and oxygen atoms in total. The fraction of sp³-hybridized carbons (Fsp3) is 0.417. The van der Waals surface area contributed by atoms with Crippen molar-refractivity contribution in [3.8, 4) is 0 Å². The molecule has 0 radical (unpaired) electrons. The number of hydrogen-bond acceptors (Lipinski definition) is 2. The van der Waals surface area contributed by atoms with E-state index in [4.69, 9.17) is 0 Å². The molecule has 0 N–H and O–H groups in total. The molecule has 0 spiro atoms. The predicted octanol–water partition coefficient (Wildman–Crippen LogP) is 1.89. The minimum atomic E-state index is -1.25. The highest BCUT2D eigenvalue weighted by molar-refractivity contribution is 5.83. The second kappa shape index (κ2) is 3.42. The van der Waals surface area contributed by atoms with Gasteiger partial charge in [0.1, 0.15) is 5.54 Å². The summed E-state index contributed by atoms with van der Waals surface area (Å²) in [5.41, 5.74) is 0.857. The van der Waals surface area contributed by atoms with E-state index in [9.17, 15) is 9.18 Å². The number of carbonyl (C=O) groups is 1. The van der Waals surface area contributed by atoms with Gasteiger partial charge >= 0.3 is 6.04 Å². The topological polar surface area (TPSA) is 20.3 Å². The molecule has 3 heteroatoms. The Morgan fingerprint density at radius 2 is 2.07 bits per heavy atom. The van der Waals surface area contributed by atoms with Crippen LogP contribution in [0.2, 0.25) is 0 Å². The van der Waals surface area contributed by atoms with E-state index in [0.717, 1.165) is 17.5 Å². The first-order valence-corrected chi connectivity index (χ1v) is 5.05. The predicted molar refractivity (Wildman–Crippen MR) is 56.2 cm³/mol. The van der Waals surface area contributed by atoms with Crippen molar-refractivity contribution in [3.63, 3.8) is 0 Å². The Kier molecular flexibility index (Phi) is 2.35. The van der Waals surface area contributed by atoms with Gasteiger partial charge in [0.25, 0.3) is 0 Å². The SMILES string of the molecule is CN(C)C1(C(=O)F)CCc2ccccc21. The maximum Gasteiger partial charge on any atom is 0.326 e. The van der Waals surface area contributed by atoms with Crippen LogP contribution in [0.25, 0.3) is 0 Å². The zero-order chi connectivity index (χ0) is 11.1. The van der Waals surface area contributed by atoms with Gasteiger partial charge < -0.3 is 0 Å². The standard InChI is InChI=1S/C12H14FNO/c1-14(2)12(11(13)15)8-7-9-5-3-4-6-10(9)12/h3-6H,7-8H2,1-2H3. The summed E-state index contributed by atoms with van der Waals surface area (Å²) in [6, 6.07) is 6.33. The molecule has 0 saturated carbocycles. The molecule has 1 aromatic carbocycles. The minimum absolute atomic E-state index is 0.536. The maximum atomic E-state index is 13.3. The van der Waals surface area contributed by atoms with Crippen LogP contribution in [0.1, 0.15) is 17.5 Å². The number of fused-ring (bicyclic) bond motifs is 1. The van der Waals surface area contributed by atoms with E-state index in [1.807, 2.05) is 24.3 Å². The first-order chi connectivity index (χ1) is 7.09. The summed E-state index contributed by atoms with van der Waals surface area (Å²) in [4.78, 5) is 12.9. The van der Waals surface area contributed by atoms with Crippen LogP contribution in [0, 0.1) is 0 Å². The summed E-state index contributed by atoms with van der Waals surface area (Å²) in [5.74, 6) is 0. The highest BCUT2D eigenvalue weighted by Crippen LogP contribution is 2.41. The van der Waals surface area contributed by atoms with Gasteiger partial charge in [-0.15, -0.1) is 0 Å². The lowest BCUT2D eigenvalue weighted by Crippen LogP contribution is -2.44. The van der Waals surface area contributed by atoms with Gasteiger partial charge in [0.2, 0.25) is 0 Å². The Balaban J connectivity index is 2.59. The average Bonchev–Trinajstić information content (AvgIpc) is 2.57. The fourth-order valence-electron chi connectivity index (χ4n) is 2.44. The van der Waals surface area contributed by atoms with E-state index in [-0.39, 0.29) is 0 Å². The van der Waals surface area contributed by atoms with Gasteiger partial charge in [-0.3, -0.25) is 9.69 Å². The highest BCUT2D eigenvalue weighted by atomic mass is 19.1. The van der Waals surface area contributed by atoms with Crippen LogP contribution < -0.4 is 0 Å². The van der Waals surface area contributed by atoms with Crippen LogP contribution in [0.5, 0.6) is 0 Å². The van der Waals surface area contributed by atoms with E-state index in [1.54, 1.807) is 19.0 Å². The average molecular weight is 207 g/mol. The van der Waals surface area contributed by atoms with Gasteiger partial charge in [-0.2, -0.15) is 4.39 Å². The van der Waals surface area contributed by atoms with Crippen molar-refractivity contribution in [2.45, 2.75) is 18.4 Å². The third kappa shape index (κ3) is 1.30. The molecule has 80 valence electrons. The molecule has 0 saturated heterocycles. The molecule has 1 unspecified atom stereocenters. The summed E-state index contributed by atoms with van der Waals surface area (Å²) in [7, 11) is 3.50. The van der Waals surface area contributed by atoms with Crippen LogP contribution in [-0.4, -0.2) is 25.0 Å². The van der Waals surface area contributed by atoms with Crippen molar-refractivity contribution in [1.82, 2.24) is 4.90 Å². The molecule has 0 fully saturated rings. The maximum absolute atomic E-state index is 13.3. The summed E-state index contributed by atoms with van der Waals surface area (Å²) in [5, 5.41) is 0. The second-order valence-corrected chi connectivity index (χ2v) is 4.19. The smallest absolute Gasteiger partial charge is 0.291 e. The van der Waals surface area contributed by atoms with Crippen LogP contribution in [0.15, 0.2) is 24.3 Å². The van der Waals surface area contributed by atoms with E-state index >= 15 is 0 Å². The number of hydrogen-bond donors (Lipinski definition) is 0. The van der Waals surface area contributed by atoms with Gasteiger partial charge in [-0.1, -0.05) is 24.3 Å². The van der Waals surface area contributed by atoms with Crippen LogP contribution in [0.4, 0.5) is 4.39 Å². The van der Waals surface area contributed by atoms with Crippen LogP contribution in [-0.2, 0) is 16.8 Å². The number of carbonyl (C=O) groups excluding carboxylic acids is 1. The lowest BCUT2D eigenvalue weighted by Gasteiger charge is -2.32. The van der Waals surface area contributed by atoms with E-state index in [1.165, 1.54) is 0 Å². The number of rotatable bonds is 2. The molecule has 0 heterocycles. The Morgan fingerprint density at radius 1 is 1.40 bits per heavy atom. The van der Waals surface area contributed by atoms with Crippen LogP contribution >= 0.6 is 0 Å². The Bertz CT molecular complexity index is 402. The van der Waals surface area contributed by atoms with Crippen molar-refractivity contribution in [3.05, 3.63) is 35.4 Å². The largest absolute Gasteiger partial charge is 0.326 e. The number of benzene rings is 1. The molecule has 1 aliphatic carbocycles. The summed E-state index contributed by atoms with van der Waals surface area (Å²) >= 11 is 0. The molecule has 1 atom stereocenters. The molecular formula is C12H14FNO. The van der Waals surface area contributed by atoms with E-state index in [0.29, 0.717) is 6.42 Å². The zero-order valence-electron chi connectivity index (χ0n) is 8.96. The normalized spacial score (nSPS) is 24.3. The van der Waals surface area contributed by atoms with E-state index in [2.05, 4.69) is 0 Å². The molecule has 15 heavy (non-hydrogen) atoms. The Morgan fingerprint density at radius 3 is 2.67 bits per heavy atom. The molecular weight excluding hydrogens is 193 g/mol. The first-order valence-electron chi connectivity index (χ1n) is 5.05. The number of nitrogens with zero attached hydrogens (tertiary/aromatic N) is 1. The lowest BCUT2D eigenvalue weighted by molar-refractivity contribution is -0.141. The second-order valence-electron chi connectivity index (χ2n) is 4.19. The molecule has 0 amide bonds. The number of halogens is 1. The number of likely N-dealkylation sites (N-methyl/N-ethyl adjacent to an activating group) is 1. The van der Waals surface area contributed by atoms with Crippen molar-refractivity contribution in [2.75, 3.05) is 14.1 Å². The molecule has 0 bridgehead atoms.